The number of aromatic nitrogens is 18. The second-order valence-corrected chi connectivity index (χ2v) is 24.1. The van der Waals surface area contributed by atoms with Crippen molar-refractivity contribution in [3.8, 4) is 0 Å². The summed E-state index contributed by atoms with van der Waals surface area (Å²) in [4.78, 5) is 27.3. The second-order valence-electron chi connectivity index (χ2n) is 24.1. The molecule has 12 heterocycles. The van der Waals surface area contributed by atoms with Gasteiger partial charge < -0.3 is 0 Å². The number of aryl methyl sites for hydroxylation is 22. The van der Waals surface area contributed by atoms with E-state index in [4.69, 9.17) is 4.98 Å². The Labute approximate surface area is 529 Å². The molecule has 474 valence electrons. The first kappa shape index (κ1) is 68.2. The molecule has 0 unspecified atom stereocenters. The summed E-state index contributed by atoms with van der Waals surface area (Å²) in [5.41, 5.74) is 27.7. The van der Waals surface area contributed by atoms with Crippen LogP contribution in [-0.2, 0) is 81.6 Å². The first-order valence-corrected chi connectivity index (χ1v) is 31.9. The highest BCUT2D eigenvalue weighted by Crippen LogP contribution is 2.24. The molecular formula is C71H106N18+6. The Kier molecular flexibility index (Phi) is 21.2. The molecule has 0 spiro atoms. The van der Waals surface area contributed by atoms with Gasteiger partial charge in [-0.25, -0.2) is 27.4 Å². The lowest BCUT2D eigenvalue weighted by atomic mass is 10.1. The average molecular weight is 1210 g/mol. The molecule has 0 saturated carbocycles. The highest BCUT2D eigenvalue weighted by molar-refractivity contribution is 5.76. The summed E-state index contributed by atoms with van der Waals surface area (Å²) in [6.45, 7) is 55.1. The standard InChI is InChI=1S/C13H20N3.3C12H18N3.2C11H16N3/c1-7-16-11(5)15(6)13-12(16)9(3)8(2)10(4)14-13;1-6-15-10(4)14(5)12-11(15)9(3)8(2)7-13-12;1-6-15-10(4)14(5)12-11(15)7-8(2)9(3)13-12;1-6-15-10(4)14(5)12-11(15)8(2)7-9(3)13-12;1-5-14-9(3)13(4)11-10(14)6-8(2)7-12-11;1-5-14-9(3)13(4)11-10(14)8(2)6-7-12-11/h7H2,1-6H3;3*7H,6H2,1-5H3;2*6-7H,5H2,1-4H3/q6*+1. The van der Waals surface area contributed by atoms with Gasteiger partial charge in [-0.05, 0) is 175 Å². The zero-order valence-corrected chi connectivity index (χ0v) is 59.8. The Morgan fingerprint density at radius 1 is 0.315 bits per heavy atom. The smallest absolute Gasteiger partial charge is 0.258 e. The summed E-state index contributed by atoms with van der Waals surface area (Å²) in [5, 5.41) is 0. The van der Waals surface area contributed by atoms with Crippen molar-refractivity contribution >= 4 is 67.0 Å². The SMILES string of the molecule is CCn1c(C)[n+](C)c2nc(C)c(C)c(C)c21.CCn1c(C)[n+](C)c2nc(C)c(C)cc21.CCn1c(C)[n+](C)c2nc(C)cc(C)c21.CCn1c(C)[n+](C)c2ncc(C)c(C)c21.CCn1c(C)[n+](C)c2ncc(C)cc21.CCn1c(C)[n+](C)c2nccc(C)c21. The molecule has 12 aromatic rings. The molecule has 0 radical (unpaired) electrons. The van der Waals surface area contributed by atoms with Gasteiger partial charge in [-0.2, -0.15) is 0 Å². The van der Waals surface area contributed by atoms with Crippen molar-refractivity contribution in [1.82, 2.24) is 57.3 Å². The Morgan fingerprint density at radius 3 is 1.20 bits per heavy atom. The van der Waals surface area contributed by atoms with E-state index in [-0.39, 0.29) is 0 Å². The molecule has 12 aromatic heterocycles. The molecule has 0 saturated heterocycles. The normalized spacial score (nSPS) is 11.2. The monoisotopic (exact) mass is 1210 g/mol. The molecule has 0 amide bonds. The zero-order valence-electron chi connectivity index (χ0n) is 59.8. The molecule has 0 fully saturated rings. The average Bonchev–Trinajstić information content (AvgIpc) is 2.85. The lowest BCUT2D eigenvalue weighted by molar-refractivity contribution is -0.654. The maximum Gasteiger partial charge on any atom is 0.302 e. The minimum absolute atomic E-state index is 0.993. The lowest BCUT2D eigenvalue weighted by Crippen LogP contribution is -2.31. The third kappa shape index (κ3) is 12.6. The zero-order chi connectivity index (χ0) is 66.1. The summed E-state index contributed by atoms with van der Waals surface area (Å²) in [6.07, 6.45) is 5.75. The van der Waals surface area contributed by atoms with Gasteiger partial charge in [-0.1, -0.05) is 0 Å². The van der Waals surface area contributed by atoms with Crippen molar-refractivity contribution < 1.29 is 27.4 Å². The van der Waals surface area contributed by atoms with Gasteiger partial charge in [0.15, 0.2) is 33.1 Å². The maximum absolute atomic E-state index is 4.71. The number of pyridine rings is 6. The maximum atomic E-state index is 4.71. The van der Waals surface area contributed by atoms with Crippen LogP contribution in [0, 0.1) is 118 Å². The molecule has 0 aliphatic rings. The van der Waals surface area contributed by atoms with Crippen LogP contribution in [0.3, 0.4) is 0 Å². The quantitative estimate of drug-likeness (QED) is 0.152. The predicted molar refractivity (Wildman–Crippen MR) is 360 cm³/mol. The molecule has 89 heavy (non-hydrogen) atoms. The minimum atomic E-state index is 0.993. The van der Waals surface area contributed by atoms with E-state index in [9.17, 15) is 0 Å². The molecular weight excluding hydrogens is 1100 g/mol. The van der Waals surface area contributed by atoms with E-state index in [2.05, 4.69) is 299 Å². The van der Waals surface area contributed by atoms with E-state index in [1.165, 1.54) is 113 Å². The molecule has 18 heteroatoms. The lowest BCUT2D eigenvalue weighted by Gasteiger charge is -2.02. The number of hydrogen-bond donors (Lipinski definition) is 0. The van der Waals surface area contributed by atoms with Crippen molar-refractivity contribution in [1.29, 1.82) is 0 Å². The summed E-state index contributed by atoms with van der Waals surface area (Å²) in [6, 6.07) is 8.63. The Hall–Kier alpha value is -8.28. The van der Waals surface area contributed by atoms with Gasteiger partial charge >= 0.3 is 33.9 Å². The van der Waals surface area contributed by atoms with Gasteiger partial charge in [0.25, 0.3) is 0 Å². The van der Waals surface area contributed by atoms with E-state index < -0.39 is 0 Å². The van der Waals surface area contributed by atoms with Crippen LogP contribution in [0.1, 0.15) is 138 Å². The van der Waals surface area contributed by atoms with Crippen LogP contribution in [0.2, 0.25) is 0 Å². The molecule has 0 bridgehead atoms. The first-order chi connectivity index (χ1) is 42.0. The van der Waals surface area contributed by atoms with Gasteiger partial charge in [-0.15, -0.1) is 29.9 Å². The largest absolute Gasteiger partial charge is 0.302 e. The third-order valence-corrected chi connectivity index (χ3v) is 19.0. The highest BCUT2D eigenvalue weighted by atomic mass is 15.2. The van der Waals surface area contributed by atoms with Crippen LogP contribution in [0.5, 0.6) is 0 Å². The van der Waals surface area contributed by atoms with Crippen LogP contribution < -0.4 is 27.4 Å². The Morgan fingerprint density at radius 2 is 0.697 bits per heavy atom. The van der Waals surface area contributed by atoms with E-state index in [0.29, 0.717) is 0 Å². The summed E-state index contributed by atoms with van der Waals surface area (Å²) in [5.74, 6) is 7.54. The fraction of sp³-hybridized carbons (Fsp3) is 0.493. The summed E-state index contributed by atoms with van der Waals surface area (Å²) in [7, 11) is 12.4. The van der Waals surface area contributed by atoms with Gasteiger partial charge in [0.2, 0.25) is 34.9 Å². The molecule has 0 N–H and O–H groups in total. The number of imidazole rings is 6. The van der Waals surface area contributed by atoms with E-state index in [1.54, 1.807) is 0 Å². The summed E-state index contributed by atoms with van der Waals surface area (Å²) < 4.78 is 26.8. The van der Waals surface area contributed by atoms with E-state index >= 15 is 0 Å². The van der Waals surface area contributed by atoms with Gasteiger partial charge in [-0.3, -0.25) is 27.4 Å². The molecule has 0 atom stereocenters. The van der Waals surface area contributed by atoms with Gasteiger partial charge in [0.05, 0.1) is 81.6 Å². The van der Waals surface area contributed by atoms with Crippen molar-refractivity contribution in [2.75, 3.05) is 0 Å². The van der Waals surface area contributed by atoms with Crippen molar-refractivity contribution in [2.45, 2.75) is 199 Å². The fourth-order valence-corrected chi connectivity index (χ4v) is 12.7. The topological polar surface area (TPSA) is 130 Å². The second kappa shape index (κ2) is 27.6. The van der Waals surface area contributed by atoms with Crippen LogP contribution in [0.4, 0.5) is 0 Å². The molecule has 12 rings (SSSR count). The van der Waals surface area contributed by atoms with Crippen LogP contribution >= 0.6 is 0 Å². The molecule has 0 aliphatic heterocycles. The Bertz CT molecular complexity index is 4600. The van der Waals surface area contributed by atoms with Crippen molar-refractivity contribution in [3.05, 3.63) is 139 Å². The van der Waals surface area contributed by atoms with Crippen molar-refractivity contribution in [3.63, 3.8) is 0 Å². The first-order valence-electron chi connectivity index (χ1n) is 31.9. The van der Waals surface area contributed by atoms with Gasteiger partial charge in [0.1, 0.15) is 35.7 Å². The van der Waals surface area contributed by atoms with Crippen LogP contribution in [-0.4, -0.2) is 57.3 Å². The van der Waals surface area contributed by atoms with Crippen molar-refractivity contribution in [2.24, 2.45) is 42.3 Å². The predicted octanol–water partition coefficient (Wildman–Crippen LogP) is 10.5. The fourth-order valence-electron chi connectivity index (χ4n) is 12.7. The number of fused-ring (bicyclic) bond motifs is 6. The Balaban J connectivity index is 0.000000152. The molecule has 0 aromatic carbocycles. The van der Waals surface area contributed by atoms with E-state index in [0.717, 1.165) is 90.2 Å². The third-order valence-electron chi connectivity index (χ3n) is 19.0. The van der Waals surface area contributed by atoms with Crippen LogP contribution in [0.15, 0.2) is 42.9 Å². The summed E-state index contributed by atoms with van der Waals surface area (Å²) >= 11 is 0. The molecule has 0 aliphatic carbocycles. The van der Waals surface area contributed by atoms with Gasteiger partial charge in [0, 0.05) is 52.7 Å². The number of rotatable bonds is 6. The van der Waals surface area contributed by atoms with Crippen LogP contribution in [0.25, 0.3) is 67.0 Å². The number of nitrogens with zero attached hydrogens (tertiary/aromatic N) is 18. The van der Waals surface area contributed by atoms with E-state index in [1.807, 2.05) is 25.5 Å². The number of hydrogen-bond acceptors (Lipinski definition) is 6. The highest BCUT2D eigenvalue weighted by Gasteiger charge is 2.26. The minimum Gasteiger partial charge on any atom is -0.258 e. The molecule has 18 nitrogen and oxygen atoms in total.